The van der Waals surface area contributed by atoms with E-state index >= 15 is 0 Å². The number of H-pyrrole nitrogens is 1. The van der Waals surface area contributed by atoms with Crippen molar-refractivity contribution in [2.75, 3.05) is 30.9 Å². The van der Waals surface area contributed by atoms with E-state index in [9.17, 15) is 14.4 Å². The molecule has 0 fully saturated rings. The molecule has 0 aliphatic heterocycles. The topological polar surface area (TPSA) is 110 Å². The SMILES string of the molecule is COCCN(C(=O)Cc1ccccc1C)c1c(N)n(Cc2ccccc2)c(=O)[nH]c1=O. The molecule has 0 atom stereocenters. The lowest BCUT2D eigenvalue weighted by Crippen LogP contribution is -2.43. The van der Waals surface area contributed by atoms with Gasteiger partial charge in [-0.05, 0) is 23.6 Å². The molecular formula is C23H26N4O4. The van der Waals surface area contributed by atoms with E-state index in [2.05, 4.69) is 4.98 Å². The van der Waals surface area contributed by atoms with Gasteiger partial charge in [0.25, 0.3) is 5.56 Å². The number of nitrogen functional groups attached to an aromatic ring is 1. The van der Waals surface area contributed by atoms with E-state index in [1.165, 1.54) is 16.6 Å². The second kappa shape index (κ2) is 9.90. The van der Waals surface area contributed by atoms with Gasteiger partial charge >= 0.3 is 5.69 Å². The zero-order valence-corrected chi connectivity index (χ0v) is 17.6. The summed E-state index contributed by atoms with van der Waals surface area (Å²) in [6, 6.07) is 16.8. The van der Waals surface area contributed by atoms with Gasteiger partial charge in [-0.25, -0.2) is 4.79 Å². The molecule has 31 heavy (non-hydrogen) atoms. The van der Waals surface area contributed by atoms with Crippen LogP contribution >= 0.6 is 0 Å². The predicted octanol–water partition coefficient (Wildman–Crippen LogP) is 1.70. The zero-order valence-electron chi connectivity index (χ0n) is 17.6. The molecule has 3 aromatic rings. The summed E-state index contributed by atoms with van der Waals surface area (Å²) in [5, 5.41) is 0. The summed E-state index contributed by atoms with van der Waals surface area (Å²) in [6.45, 7) is 2.41. The Morgan fingerprint density at radius 1 is 1.10 bits per heavy atom. The third kappa shape index (κ3) is 5.10. The van der Waals surface area contributed by atoms with Gasteiger partial charge in [-0.1, -0.05) is 54.6 Å². The van der Waals surface area contributed by atoms with Gasteiger partial charge in [-0.3, -0.25) is 19.1 Å². The zero-order chi connectivity index (χ0) is 22.4. The number of ether oxygens (including phenoxy) is 1. The van der Waals surface area contributed by atoms with Crippen molar-refractivity contribution >= 4 is 17.4 Å². The number of methoxy groups -OCH3 is 1. The Labute approximate surface area is 179 Å². The third-order valence-electron chi connectivity index (χ3n) is 5.09. The second-order valence-electron chi connectivity index (χ2n) is 7.21. The summed E-state index contributed by atoms with van der Waals surface area (Å²) in [5.41, 5.74) is 7.54. The maximum Gasteiger partial charge on any atom is 0.330 e. The molecule has 1 aromatic heterocycles. The first-order valence-corrected chi connectivity index (χ1v) is 9.92. The lowest BCUT2D eigenvalue weighted by molar-refractivity contribution is -0.118. The predicted molar refractivity (Wildman–Crippen MR) is 120 cm³/mol. The highest BCUT2D eigenvalue weighted by Gasteiger charge is 2.24. The van der Waals surface area contributed by atoms with Crippen LogP contribution in [0.4, 0.5) is 11.5 Å². The molecule has 8 nitrogen and oxygen atoms in total. The molecular weight excluding hydrogens is 396 g/mol. The summed E-state index contributed by atoms with van der Waals surface area (Å²) in [7, 11) is 1.51. The largest absolute Gasteiger partial charge is 0.383 e. The molecule has 1 amide bonds. The van der Waals surface area contributed by atoms with E-state index in [0.29, 0.717) is 0 Å². The number of carbonyl (C=O) groups is 1. The van der Waals surface area contributed by atoms with E-state index in [0.717, 1.165) is 16.7 Å². The first-order valence-electron chi connectivity index (χ1n) is 9.92. The quantitative estimate of drug-likeness (QED) is 0.574. The minimum absolute atomic E-state index is 0.0498. The van der Waals surface area contributed by atoms with E-state index < -0.39 is 11.2 Å². The summed E-state index contributed by atoms with van der Waals surface area (Å²) in [4.78, 5) is 42.0. The Morgan fingerprint density at radius 2 is 1.77 bits per heavy atom. The van der Waals surface area contributed by atoms with E-state index in [4.69, 9.17) is 10.5 Å². The van der Waals surface area contributed by atoms with Crippen molar-refractivity contribution < 1.29 is 9.53 Å². The van der Waals surface area contributed by atoms with Gasteiger partial charge < -0.3 is 15.4 Å². The third-order valence-corrected chi connectivity index (χ3v) is 5.09. The fourth-order valence-corrected chi connectivity index (χ4v) is 3.37. The second-order valence-corrected chi connectivity index (χ2v) is 7.21. The van der Waals surface area contributed by atoms with Crippen LogP contribution in [0.25, 0.3) is 0 Å². The normalized spacial score (nSPS) is 10.8. The number of nitrogens with two attached hydrogens (primary N) is 1. The number of anilines is 2. The number of nitrogens with one attached hydrogen (secondary N) is 1. The average molecular weight is 422 g/mol. The molecule has 3 N–H and O–H groups in total. The molecule has 2 aromatic carbocycles. The smallest absolute Gasteiger partial charge is 0.330 e. The van der Waals surface area contributed by atoms with Crippen LogP contribution in [0, 0.1) is 6.92 Å². The standard InChI is InChI=1S/C23H26N4O4/c1-16-8-6-7-11-18(16)14-19(28)26(12-13-31-2)20-21(24)27(23(30)25-22(20)29)15-17-9-4-3-5-10-17/h3-11H,12-15,24H2,1-2H3,(H,25,29,30). The fraction of sp³-hybridized carbons (Fsp3) is 0.261. The monoisotopic (exact) mass is 422 g/mol. The Kier molecular flexibility index (Phi) is 7.04. The summed E-state index contributed by atoms with van der Waals surface area (Å²) < 4.78 is 6.39. The van der Waals surface area contributed by atoms with Crippen molar-refractivity contribution in [1.29, 1.82) is 0 Å². The van der Waals surface area contributed by atoms with Gasteiger partial charge in [0.1, 0.15) is 5.82 Å². The highest BCUT2D eigenvalue weighted by molar-refractivity contribution is 5.97. The number of aryl methyl sites for hydroxylation is 1. The van der Waals surface area contributed by atoms with Gasteiger partial charge in [-0.2, -0.15) is 0 Å². The Morgan fingerprint density at radius 3 is 2.45 bits per heavy atom. The molecule has 8 heteroatoms. The Hall–Kier alpha value is -3.65. The molecule has 3 rings (SSSR count). The van der Waals surface area contributed by atoms with Crippen molar-refractivity contribution in [1.82, 2.24) is 9.55 Å². The van der Waals surface area contributed by atoms with Gasteiger partial charge in [-0.15, -0.1) is 0 Å². The first-order chi connectivity index (χ1) is 14.9. The van der Waals surface area contributed by atoms with E-state index in [1.807, 2.05) is 61.5 Å². The van der Waals surface area contributed by atoms with Gasteiger partial charge in [0, 0.05) is 13.7 Å². The molecule has 0 spiro atoms. The van der Waals surface area contributed by atoms with Crippen molar-refractivity contribution in [3.63, 3.8) is 0 Å². The molecule has 0 aliphatic rings. The highest BCUT2D eigenvalue weighted by Crippen LogP contribution is 2.20. The van der Waals surface area contributed by atoms with Crippen LogP contribution in [-0.4, -0.2) is 35.7 Å². The Balaban J connectivity index is 2.03. The average Bonchev–Trinajstić information content (AvgIpc) is 2.75. The van der Waals surface area contributed by atoms with Crippen LogP contribution in [0.1, 0.15) is 16.7 Å². The number of nitrogens with zero attached hydrogens (tertiary/aromatic N) is 2. The molecule has 162 valence electrons. The highest BCUT2D eigenvalue weighted by atomic mass is 16.5. The molecule has 0 radical (unpaired) electrons. The fourth-order valence-electron chi connectivity index (χ4n) is 3.37. The number of aromatic nitrogens is 2. The van der Waals surface area contributed by atoms with Crippen molar-refractivity contribution in [2.24, 2.45) is 0 Å². The first kappa shape index (κ1) is 22.0. The van der Waals surface area contributed by atoms with Crippen LogP contribution in [0.3, 0.4) is 0 Å². The van der Waals surface area contributed by atoms with Crippen LogP contribution < -0.4 is 21.9 Å². The van der Waals surface area contributed by atoms with Crippen molar-refractivity contribution in [3.8, 4) is 0 Å². The summed E-state index contributed by atoms with van der Waals surface area (Å²) in [6.07, 6.45) is 0.0904. The van der Waals surface area contributed by atoms with E-state index in [-0.39, 0.29) is 43.5 Å². The number of hydrogen-bond acceptors (Lipinski definition) is 5. The van der Waals surface area contributed by atoms with Gasteiger partial charge in [0.05, 0.1) is 19.6 Å². The Bertz CT molecular complexity index is 1170. The lowest BCUT2D eigenvalue weighted by atomic mass is 10.1. The van der Waals surface area contributed by atoms with Gasteiger partial charge in [0.2, 0.25) is 5.91 Å². The number of rotatable bonds is 8. The minimum Gasteiger partial charge on any atom is -0.383 e. The number of amides is 1. The minimum atomic E-state index is -0.707. The lowest BCUT2D eigenvalue weighted by Gasteiger charge is -2.24. The maximum atomic E-state index is 13.2. The molecule has 1 heterocycles. The number of benzene rings is 2. The van der Waals surface area contributed by atoms with E-state index in [1.54, 1.807) is 0 Å². The maximum absolute atomic E-state index is 13.2. The van der Waals surface area contributed by atoms with Crippen LogP contribution in [0.5, 0.6) is 0 Å². The van der Waals surface area contributed by atoms with Crippen LogP contribution in [0.15, 0.2) is 64.2 Å². The molecule has 0 saturated heterocycles. The summed E-state index contributed by atoms with van der Waals surface area (Å²) >= 11 is 0. The van der Waals surface area contributed by atoms with Crippen molar-refractivity contribution in [2.45, 2.75) is 19.9 Å². The van der Waals surface area contributed by atoms with Crippen molar-refractivity contribution in [3.05, 3.63) is 92.1 Å². The number of carbonyl (C=O) groups excluding carboxylic acids is 1. The molecule has 0 unspecified atom stereocenters. The molecule has 0 aliphatic carbocycles. The van der Waals surface area contributed by atoms with Gasteiger partial charge in [0.15, 0.2) is 5.69 Å². The van der Waals surface area contributed by atoms with Crippen LogP contribution in [0.2, 0.25) is 0 Å². The molecule has 0 bridgehead atoms. The van der Waals surface area contributed by atoms with Crippen LogP contribution in [-0.2, 0) is 22.5 Å². The number of hydrogen-bond donors (Lipinski definition) is 2. The molecule has 0 saturated carbocycles. The summed E-state index contributed by atoms with van der Waals surface area (Å²) in [5.74, 6) is -0.375. The number of aromatic amines is 1.